The van der Waals surface area contributed by atoms with Gasteiger partial charge >= 0.3 is 0 Å². The van der Waals surface area contributed by atoms with E-state index in [4.69, 9.17) is 4.74 Å². The molecule has 0 fully saturated rings. The number of fused-ring (bicyclic) bond motifs is 1. The van der Waals surface area contributed by atoms with E-state index in [1.54, 1.807) is 6.07 Å². The first-order chi connectivity index (χ1) is 9.75. The van der Waals surface area contributed by atoms with E-state index >= 15 is 0 Å². The van der Waals surface area contributed by atoms with Gasteiger partial charge in [0, 0.05) is 6.54 Å². The van der Waals surface area contributed by atoms with E-state index in [1.165, 1.54) is 6.33 Å². The first kappa shape index (κ1) is 12.5. The largest absolute Gasteiger partial charge is 0.489 e. The summed E-state index contributed by atoms with van der Waals surface area (Å²) in [6.07, 6.45) is 1.41. The number of benzene rings is 1. The van der Waals surface area contributed by atoms with E-state index in [-0.39, 0.29) is 11.9 Å². The van der Waals surface area contributed by atoms with Crippen molar-refractivity contribution in [3.63, 3.8) is 0 Å². The van der Waals surface area contributed by atoms with Crippen molar-refractivity contribution in [3.05, 3.63) is 35.9 Å². The summed E-state index contributed by atoms with van der Waals surface area (Å²) < 4.78 is 5.59. The molecule has 104 valence electrons. The highest BCUT2D eigenvalue weighted by Gasteiger charge is 2.21. The van der Waals surface area contributed by atoms with Gasteiger partial charge in [-0.15, -0.1) is 0 Å². The number of para-hydroxylation sites is 1. The van der Waals surface area contributed by atoms with E-state index in [0.29, 0.717) is 23.7 Å². The van der Waals surface area contributed by atoms with Crippen molar-refractivity contribution < 1.29 is 9.53 Å². The average molecular weight is 273 g/mol. The quantitative estimate of drug-likeness (QED) is 0.779. The minimum absolute atomic E-state index is 0.200. The second-order valence-electron chi connectivity index (χ2n) is 4.52. The van der Waals surface area contributed by atoms with Crippen LogP contribution in [-0.4, -0.2) is 34.2 Å². The Balaban J connectivity index is 1.81. The third-order valence-electron chi connectivity index (χ3n) is 3.11. The van der Waals surface area contributed by atoms with Crippen LogP contribution in [0.3, 0.4) is 0 Å². The normalized spacial score (nSPS) is 14.7. The minimum atomic E-state index is -0.252. The lowest BCUT2D eigenvalue weighted by Crippen LogP contribution is -2.29. The number of hydrogen-bond acceptors (Lipinski definition) is 5. The summed E-state index contributed by atoms with van der Waals surface area (Å²) in [6, 6.07) is 5.21. The number of hydrogen-bond donors (Lipinski definition) is 3. The van der Waals surface area contributed by atoms with Gasteiger partial charge in [-0.05, 0) is 19.1 Å². The molecule has 2 aromatic rings. The smallest absolute Gasteiger partial charge is 0.255 e. The van der Waals surface area contributed by atoms with Crippen LogP contribution in [0, 0.1) is 0 Å². The highest BCUT2D eigenvalue weighted by Crippen LogP contribution is 2.31. The van der Waals surface area contributed by atoms with Crippen molar-refractivity contribution in [2.45, 2.75) is 13.0 Å². The Morgan fingerprint density at radius 1 is 1.50 bits per heavy atom. The zero-order valence-corrected chi connectivity index (χ0v) is 11.0. The van der Waals surface area contributed by atoms with Crippen molar-refractivity contribution in [1.82, 2.24) is 20.5 Å². The van der Waals surface area contributed by atoms with Crippen LogP contribution in [0.1, 0.15) is 29.1 Å². The number of aromatic amines is 1. The van der Waals surface area contributed by atoms with Gasteiger partial charge in [0.05, 0.1) is 17.3 Å². The molecule has 0 radical (unpaired) electrons. The molecule has 1 amide bonds. The fraction of sp³-hybridized carbons (Fsp3) is 0.308. The van der Waals surface area contributed by atoms with E-state index in [0.717, 1.165) is 12.2 Å². The van der Waals surface area contributed by atoms with Crippen LogP contribution in [0.4, 0.5) is 5.69 Å². The summed E-state index contributed by atoms with van der Waals surface area (Å²) in [7, 11) is 0. The number of H-pyrrole nitrogens is 1. The second kappa shape index (κ2) is 5.20. The van der Waals surface area contributed by atoms with Gasteiger partial charge in [-0.3, -0.25) is 9.89 Å². The molecular weight excluding hydrogens is 258 g/mol. The van der Waals surface area contributed by atoms with Gasteiger partial charge in [-0.2, -0.15) is 5.10 Å². The predicted octanol–water partition coefficient (Wildman–Crippen LogP) is 1.10. The summed E-state index contributed by atoms with van der Waals surface area (Å²) >= 11 is 0. The lowest BCUT2D eigenvalue weighted by atomic mass is 10.1. The van der Waals surface area contributed by atoms with Crippen LogP contribution in [0.25, 0.3) is 0 Å². The zero-order chi connectivity index (χ0) is 13.9. The summed E-state index contributed by atoms with van der Waals surface area (Å²) in [5.41, 5.74) is 1.36. The molecule has 1 aromatic heterocycles. The summed E-state index contributed by atoms with van der Waals surface area (Å²) in [4.78, 5) is 16.4. The second-order valence-corrected chi connectivity index (χ2v) is 4.52. The highest BCUT2D eigenvalue weighted by atomic mass is 16.5. The van der Waals surface area contributed by atoms with Crippen LogP contribution in [-0.2, 0) is 0 Å². The molecule has 3 N–H and O–H groups in total. The Bertz CT molecular complexity index is 611. The first-order valence-electron chi connectivity index (χ1n) is 6.41. The Kier molecular flexibility index (Phi) is 3.24. The minimum Gasteiger partial charge on any atom is -0.489 e. The fourth-order valence-corrected chi connectivity index (χ4v) is 2.12. The first-order valence-corrected chi connectivity index (χ1v) is 6.41. The zero-order valence-electron chi connectivity index (χ0n) is 11.0. The maximum Gasteiger partial charge on any atom is 0.255 e. The Hall–Kier alpha value is -2.57. The van der Waals surface area contributed by atoms with Gasteiger partial charge in [-0.25, -0.2) is 4.98 Å². The third kappa shape index (κ3) is 2.29. The van der Waals surface area contributed by atoms with Crippen molar-refractivity contribution in [3.8, 4) is 5.75 Å². The van der Waals surface area contributed by atoms with Crippen molar-refractivity contribution in [2.24, 2.45) is 0 Å². The van der Waals surface area contributed by atoms with Gasteiger partial charge in [0.15, 0.2) is 5.75 Å². The van der Waals surface area contributed by atoms with Gasteiger partial charge < -0.3 is 15.4 Å². The Labute approximate surface area is 115 Å². The molecule has 7 nitrogen and oxygen atoms in total. The molecule has 1 aromatic carbocycles. The van der Waals surface area contributed by atoms with Crippen LogP contribution >= 0.6 is 0 Å². The lowest BCUT2D eigenvalue weighted by molar-refractivity contribution is 0.0934. The predicted molar refractivity (Wildman–Crippen MR) is 72.7 cm³/mol. The maximum absolute atomic E-state index is 12.3. The van der Waals surface area contributed by atoms with E-state index < -0.39 is 0 Å². The molecule has 3 rings (SSSR count). The van der Waals surface area contributed by atoms with Gasteiger partial charge in [0.25, 0.3) is 5.91 Å². The summed E-state index contributed by atoms with van der Waals surface area (Å²) in [5, 5.41) is 12.6. The molecule has 1 unspecified atom stereocenters. The molecule has 1 aliphatic heterocycles. The van der Waals surface area contributed by atoms with Gasteiger partial charge in [0.1, 0.15) is 18.8 Å². The summed E-state index contributed by atoms with van der Waals surface area (Å²) in [5.74, 6) is 1.01. The van der Waals surface area contributed by atoms with E-state index in [2.05, 4.69) is 25.8 Å². The molecular formula is C13H15N5O2. The standard InChI is InChI=1S/C13H15N5O2/c1-8(12-15-7-16-18-12)17-13(19)9-3-2-4-10-11(9)20-6-5-14-10/h2-4,7-8,14H,5-6H2,1H3,(H,17,19)(H,15,16,18). The summed E-state index contributed by atoms with van der Waals surface area (Å²) in [6.45, 7) is 3.13. The molecule has 20 heavy (non-hydrogen) atoms. The third-order valence-corrected chi connectivity index (χ3v) is 3.11. The number of nitrogens with zero attached hydrogens (tertiary/aromatic N) is 2. The van der Waals surface area contributed by atoms with Gasteiger partial charge in [0.2, 0.25) is 0 Å². The van der Waals surface area contributed by atoms with Crippen LogP contribution < -0.4 is 15.4 Å². The Morgan fingerprint density at radius 3 is 3.20 bits per heavy atom. The number of aromatic nitrogens is 3. The number of ether oxygens (including phenoxy) is 1. The van der Waals surface area contributed by atoms with Crippen LogP contribution in [0.5, 0.6) is 5.75 Å². The van der Waals surface area contributed by atoms with Crippen molar-refractivity contribution >= 4 is 11.6 Å². The highest BCUT2D eigenvalue weighted by molar-refractivity contribution is 5.99. The molecule has 0 aliphatic carbocycles. The topological polar surface area (TPSA) is 91.9 Å². The molecule has 0 bridgehead atoms. The van der Waals surface area contributed by atoms with Crippen molar-refractivity contribution in [2.75, 3.05) is 18.5 Å². The van der Waals surface area contributed by atoms with Crippen LogP contribution in [0.15, 0.2) is 24.5 Å². The molecule has 2 heterocycles. The average Bonchev–Trinajstić information content (AvgIpc) is 3.01. The monoisotopic (exact) mass is 273 g/mol. The molecule has 1 aliphatic rings. The molecule has 0 saturated heterocycles. The molecule has 1 atom stereocenters. The van der Waals surface area contributed by atoms with Gasteiger partial charge in [-0.1, -0.05) is 6.07 Å². The Morgan fingerprint density at radius 2 is 2.40 bits per heavy atom. The lowest BCUT2D eigenvalue weighted by Gasteiger charge is -2.22. The number of carbonyl (C=O) groups is 1. The molecule has 0 spiro atoms. The number of nitrogens with one attached hydrogen (secondary N) is 3. The SMILES string of the molecule is CC(NC(=O)c1cccc2c1OCCN2)c1ncn[nH]1. The van der Waals surface area contributed by atoms with Crippen LogP contribution in [0.2, 0.25) is 0 Å². The molecule has 7 heteroatoms. The van der Waals surface area contributed by atoms with Crippen molar-refractivity contribution in [1.29, 1.82) is 0 Å². The fourth-order valence-electron chi connectivity index (χ4n) is 2.12. The number of carbonyl (C=O) groups excluding carboxylic acids is 1. The van der Waals surface area contributed by atoms with E-state index in [1.807, 2.05) is 19.1 Å². The van der Waals surface area contributed by atoms with E-state index in [9.17, 15) is 4.79 Å². The number of anilines is 1. The number of rotatable bonds is 3. The number of amides is 1. The maximum atomic E-state index is 12.3. The molecule has 0 saturated carbocycles.